The fraction of sp³-hybridized carbons (Fsp3) is 0.938. The molecule has 0 aromatic rings. The summed E-state index contributed by atoms with van der Waals surface area (Å²) < 4.78 is 31.7. The van der Waals surface area contributed by atoms with E-state index in [-0.39, 0.29) is 17.4 Å². The lowest BCUT2D eigenvalue weighted by Crippen LogP contribution is -2.48. The molecule has 24 heavy (non-hydrogen) atoms. The van der Waals surface area contributed by atoms with Gasteiger partial charge in [0.1, 0.15) is 5.60 Å². The van der Waals surface area contributed by atoms with Gasteiger partial charge in [0.25, 0.3) is 0 Å². The first-order chi connectivity index (χ1) is 11.1. The summed E-state index contributed by atoms with van der Waals surface area (Å²) >= 11 is 0. The first kappa shape index (κ1) is 19.5. The summed E-state index contributed by atoms with van der Waals surface area (Å²) in [7, 11) is -1.30. The summed E-state index contributed by atoms with van der Waals surface area (Å²) in [6.07, 6.45) is 3.06. The van der Waals surface area contributed by atoms with Crippen LogP contribution in [-0.2, 0) is 14.8 Å². The van der Waals surface area contributed by atoms with E-state index in [9.17, 15) is 13.2 Å². The van der Waals surface area contributed by atoms with Crippen molar-refractivity contribution in [3.63, 3.8) is 0 Å². The molecule has 0 aromatic heterocycles. The second kappa shape index (κ2) is 7.58. The van der Waals surface area contributed by atoms with Crippen molar-refractivity contribution in [2.24, 2.45) is 0 Å². The smallest absolute Gasteiger partial charge is 0.410 e. The molecule has 0 spiro atoms. The van der Waals surface area contributed by atoms with Crippen LogP contribution in [-0.4, -0.2) is 74.4 Å². The van der Waals surface area contributed by atoms with Gasteiger partial charge >= 0.3 is 6.09 Å². The molecule has 1 heterocycles. The Balaban J connectivity index is 1.68. The number of amides is 1. The molecule has 140 valence electrons. The Bertz CT molecular complexity index is 532. The molecule has 2 fully saturated rings. The minimum atomic E-state index is -3.09. The number of nitrogens with one attached hydrogen (secondary N) is 1. The molecule has 8 heteroatoms. The van der Waals surface area contributed by atoms with Crippen molar-refractivity contribution in [2.75, 3.05) is 33.2 Å². The van der Waals surface area contributed by atoms with E-state index in [0.717, 1.165) is 45.3 Å². The SMILES string of the molecule is CN(C(=O)OC(C)(C)C)C1CCN(CCNS(=O)(=O)C2CC2)CC1. The third kappa shape index (κ3) is 5.89. The molecule has 1 saturated heterocycles. The van der Waals surface area contributed by atoms with Gasteiger partial charge in [-0.05, 0) is 46.5 Å². The summed E-state index contributed by atoms with van der Waals surface area (Å²) in [6.45, 7) is 8.50. The highest BCUT2D eigenvalue weighted by Crippen LogP contribution is 2.27. The van der Waals surface area contributed by atoms with E-state index >= 15 is 0 Å². The molecular weight excluding hydrogens is 330 g/mol. The molecule has 1 aliphatic heterocycles. The molecule has 2 rings (SSSR count). The van der Waals surface area contributed by atoms with Crippen LogP contribution in [0.5, 0.6) is 0 Å². The average Bonchev–Trinajstić information content (AvgIpc) is 3.30. The summed E-state index contributed by atoms with van der Waals surface area (Å²) in [5.74, 6) is 0. The zero-order valence-corrected chi connectivity index (χ0v) is 16.1. The van der Waals surface area contributed by atoms with Crippen molar-refractivity contribution in [3.8, 4) is 0 Å². The van der Waals surface area contributed by atoms with Crippen molar-refractivity contribution >= 4 is 16.1 Å². The van der Waals surface area contributed by atoms with Crippen molar-refractivity contribution in [1.29, 1.82) is 0 Å². The largest absolute Gasteiger partial charge is 0.444 e. The normalized spacial score (nSPS) is 20.8. The Labute approximate surface area is 145 Å². The Morgan fingerprint density at radius 3 is 2.29 bits per heavy atom. The number of hydrogen-bond acceptors (Lipinski definition) is 5. The molecule has 0 bridgehead atoms. The maximum atomic E-state index is 12.1. The topological polar surface area (TPSA) is 79.0 Å². The lowest BCUT2D eigenvalue weighted by Gasteiger charge is -2.37. The van der Waals surface area contributed by atoms with Crippen molar-refractivity contribution < 1.29 is 17.9 Å². The minimum Gasteiger partial charge on any atom is -0.444 e. The Kier molecular flexibility index (Phi) is 6.14. The maximum absolute atomic E-state index is 12.1. The van der Waals surface area contributed by atoms with Crippen molar-refractivity contribution in [1.82, 2.24) is 14.5 Å². The maximum Gasteiger partial charge on any atom is 0.410 e. The Morgan fingerprint density at radius 2 is 1.79 bits per heavy atom. The Morgan fingerprint density at radius 1 is 1.21 bits per heavy atom. The lowest BCUT2D eigenvalue weighted by atomic mass is 10.0. The molecule has 1 amide bonds. The van der Waals surface area contributed by atoms with E-state index < -0.39 is 15.6 Å². The summed E-state index contributed by atoms with van der Waals surface area (Å²) in [5, 5.41) is -0.161. The van der Waals surface area contributed by atoms with Crippen LogP contribution in [0.3, 0.4) is 0 Å². The molecule has 2 aliphatic rings. The minimum absolute atomic E-state index is 0.161. The second-order valence-corrected chi connectivity index (χ2v) is 9.85. The van der Waals surface area contributed by atoms with Gasteiger partial charge in [-0.15, -0.1) is 0 Å². The fourth-order valence-electron chi connectivity index (χ4n) is 2.86. The molecule has 0 radical (unpaired) electrons. The molecule has 0 aromatic carbocycles. The Hall–Kier alpha value is -0.860. The van der Waals surface area contributed by atoms with Gasteiger partial charge in [-0.2, -0.15) is 0 Å². The highest BCUT2D eigenvalue weighted by atomic mass is 32.2. The van der Waals surface area contributed by atoms with Crippen molar-refractivity contribution in [2.45, 2.75) is 63.3 Å². The predicted octanol–water partition coefficient (Wildman–Crippen LogP) is 1.40. The van der Waals surface area contributed by atoms with E-state index in [1.54, 1.807) is 11.9 Å². The third-order valence-corrected chi connectivity index (χ3v) is 6.44. The van der Waals surface area contributed by atoms with Gasteiger partial charge in [-0.3, -0.25) is 0 Å². The highest BCUT2D eigenvalue weighted by molar-refractivity contribution is 7.90. The predicted molar refractivity (Wildman–Crippen MR) is 93.4 cm³/mol. The zero-order valence-electron chi connectivity index (χ0n) is 15.2. The standard InChI is InChI=1S/C16H31N3O4S/c1-16(2,3)23-15(20)18(4)13-7-10-19(11-8-13)12-9-17-24(21,22)14-5-6-14/h13-14,17H,5-12H2,1-4H3. The highest BCUT2D eigenvalue weighted by Gasteiger charge is 2.35. The second-order valence-electron chi connectivity index (χ2n) is 7.80. The first-order valence-electron chi connectivity index (χ1n) is 8.75. The van der Waals surface area contributed by atoms with Crippen LogP contribution >= 0.6 is 0 Å². The van der Waals surface area contributed by atoms with E-state index in [1.807, 2.05) is 20.8 Å². The van der Waals surface area contributed by atoms with Crippen LogP contribution in [0, 0.1) is 0 Å². The van der Waals surface area contributed by atoms with Gasteiger partial charge in [0, 0.05) is 39.3 Å². The number of carbonyl (C=O) groups excluding carboxylic acids is 1. The first-order valence-corrected chi connectivity index (χ1v) is 10.3. The summed E-state index contributed by atoms with van der Waals surface area (Å²) in [4.78, 5) is 16.0. The van der Waals surface area contributed by atoms with E-state index in [1.165, 1.54) is 0 Å². The van der Waals surface area contributed by atoms with Gasteiger partial charge in [0.05, 0.1) is 5.25 Å². The van der Waals surface area contributed by atoms with E-state index in [4.69, 9.17) is 4.74 Å². The lowest BCUT2D eigenvalue weighted by molar-refractivity contribution is 0.0153. The number of sulfonamides is 1. The van der Waals surface area contributed by atoms with Crippen LogP contribution in [0.1, 0.15) is 46.5 Å². The monoisotopic (exact) mass is 361 g/mol. The number of ether oxygens (including phenoxy) is 1. The number of likely N-dealkylation sites (tertiary alicyclic amines) is 1. The number of carbonyl (C=O) groups is 1. The van der Waals surface area contributed by atoms with Gasteiger partial charge in [-0.25, -0.2) is 17.9 Å². The molecule has 1 saturated carbocycles. The quantitative estimate of drug-likeness (QED) is 0.774. The number of nitrogens with zero attached hydrogens (tertiary/aromatic N) is 2. The molecule has 1 aliphatic carbocycles. The fourth-order valence-corrected chi connectivity index (χ4v) is 4.22. The average molecular weight is 362 g/mol. The van der Waals surface area contributed by atoms with Gasteiger partial charge < -0.3 is 14.5 Å². The third-order valence-electron chi connectivity index (χ3n) is 4.48. The number of hydrogen-bond donors (Lipinski definition) is 1. The van der Waals surface area contributed by atoms with Gasteiger partial charge in [-0.1, -0.05) is 0 Å². The van der Waals surface area contributed by atoms with Crippen LogP contribution < -0.4 is 4.72 Å². The van der Waals surface area contributed by atoms with E-state index in [0.29, 0.717) is 6.54 Å². The number of rotatable bonds is 6. The molecule has 7 nitrogen and oxygen atoms in total. The molecule has 0 unspecified atom stereocenters. The number of piperidine rings is 1. The van der Waals surface area contributed by atoms with Crippen LogP contribution in [0.25, 0.3) is 0 Å². The van der Waals surface area contributed by atoms with Crippen LogP contribution in [0.15, 0.2) is 0 Å². The van der Waals surface area contributed by atoms with Gasteiger partial charge in [0.2, 0.25) is 10.0 Å². The van der Waals surface area contributed by atoms with Crippen LogP contribution in [0.4, 0.5) is 4.79 Å². The van der Waals surface area contributed by atoms with E-state index in [2.05, 4.69) is 9.62 Å². The zero-order chi connectivity index (χ0) is 18.0. The van der Waals surface area contributed by atoms with Crippen molar-refractivity contribution in [3.05, 3.63) is 0 Å². The molecular formula is C16H31N3O4S. The molecule has 1 N–H and O–H groups in total. The molecule has 0 atom stereocenters. The van der Waals surface area contributed by atoms with Gasteiger partial charge in [0.15, 0.2) is 0 Å². The summed E-state index contributed by atoms with van der Waals surface area (Å²) in [5.41, 5.74) is -0.481. The van der Waals surface area contributed by atoms with Crippen LogP contribution in [0.2, 0.25) is 0 Å². The summed E-state index contributed by atoms with van der Waals surface area (Å²) in [6, 6.07) is 0.180.